The summed E-state index contributed by atoms with van der Waals surface area (Å²) in [7, 11) is 3.16. The maximum atomic E-state index is 12.5. The number of carbonyl (C=O) groups excluding carboxylic acids is 2. The van der Waals surface area contributed by atoms with Crippen molar-refractivity contribution in [2.45, 2.75) is 12.5 Å². The molecule has 2 aromatic carbocycles. The SMILES string of the molecule is COc1ccc(CCNC(=O)C(=O)NC[C@H](c2ccco2)N2CCN(c3ccccc3)CC2)cc1OC. The van der Waals surface area contributed by atoms with E-state index in [1.165, 1.54) is 5.69 Å². The standard InChI is InChI=1S/C28H34N4O5/c1-35-25-11-10-21(19-26(25)36-2)12-13-29-27(33)28(34)30-20-23(24-9-6-18-37-24)32-16-14-31(15-17-32)22-7-4-3-5-8-22/h3-11,18-19,23H,12-17,20H2,1-2H3,(H,29,33)(H,30,34)/t23-/m1/s1. The quantitative estimate of drug-likeness (QED) is 0.408. The fourth-order valence-electron chi connectivity index (χ4n) is 4.53. The predicted molar refractivity (Wildman–Crippen MR) is 141 cm³/mol. The van der Waals surface area contributed by atoms with Gasteiger partial charge in [-0.1, -0.05) is 24.3 Å². The summed E-state index contributed by atoms with van der Waals surface area (Å²) in [5.41, 5.74) is 2.17. The number of furan rings is 1. The molecule has 9 nitrogen and oxygen atoms in total. The molecule has 3 aromatic rings. The van der Waals surface area contributed by atoms with Gasteiger partial charge in [0.15, 0.2) is 11.5 Å². The van der Waals surface area contributed by atoms with Crippen LogP contribution in [0.4, 0.5) is 5.69 Å². The van der Waals surface area contributed by atoms with Crippen molar-refractivity contribution in [2.75, 3.05) is 58.4 Å². The van der Waals surface area contributed by atoms with E-state index in [0.29, 0.717) is 24.5 Å². The Labute approximate surface area is 217 Å². The highest BCUT2D eigenvalue weighted by Gasteiger charge is 2.28. The molecule has 0 unspecified atom stereocenters. The third-order valence-electron chi connectivity index (χ3n) is 6.56. The van der Waals surface area contributed by atoms with Gasteiger partial charge in [-0.3, -0.25) is 14.5 Å². The molecule has 2 amide bonds. The average molecular weight is 507 g/mol. The van der Waals surface area contributed by atoms with Crippen molar-refractivity contribution in [3.05, 3.63) is 78.3 Å². The van der Waals surface area contributed by atoms with Crippen LogP contribution in [-0.2, 0) is 16.0 Å². The van der Waals surface area contributed by atoms with E-state index in [1.54, 1.807) is 20.5 Å². The summed E-state index contributed by atoms with van der Waals surface area (Å²) in [6.07, 6.45) is 2.19. The molecule has 1 aromatic heterocycles. The molecule has 9 heteroatoms. The zero-order valence-electron chi connectivity index (χ0n) is 21.3. The van der Waals surface area contributed by atoms with Gasteiger partial charge in [0.1, 0.15) is 5.76 Å². The summed E-state index contributed by atoms with van der Waals surface area (Å²) in [4.78, 5) is 29.6. The van der Waals surface area contributed by atoms with Crippen molar-refractivity contribution in [3.63, 3.8) is 0 Å². The highest BCUT2D eigenvalue weighted by atomic mass is 16.5. The van der Waals surface area contributed by atoms with Crippen LogP contribution in [0.25, 0.3) is 0 Å². The molecule has 2 heterocycles. The fourth-order valence-corrected chi connectivity index (χ4v) is 4.53. The number of carbonyl (C=O) groups is 2. The number of methoxy groups -OCH3 is 2. The monoisotopic (exact) mass is 506 g/mol. The highest BCUT2D eigenvalue weighted by molar-refractivity contribution is 6.35. The minimum absolute atomic E-state index is 0.156. The van der Waals surface area contributed by atoms with Gasteiger partial charge in [-0.05, 0) is 48.4 Å². The Kier molecular flexibility index (Phi) is 9.04. The number of para-hydroxylation sites is 1. The van der Waals surface area contributed by atoms with Gasteiger partial charge >= 0.3 is 11.8 Å². The van der Waals surface area contributed by atoms with Crippen LogP contribution in [0.5, 0.6) is 11.5 Å². The zero-order chi connectivity index (χ0) is 26.0. The number of rotatable bonds is 10. The van der Waals surface area contributed by atoms with Gasteiger partial charge < -0.3 is 29.4 Å². The lowest BCUT2D eigenvalue weighted by molar-refractivity contribution is -0.139. The van der Waals surface area contributed by atoms with Crippen LogP contribution in [0.1, 0.15) is 17.4 Å². The third kappa shape index (κ3) is 6.83. The molecule has 1 fully saturated rings. The first kappa shape index (κ1) is 26.1. The third-order valence-corrected chi connectivity index (χ3v) is 6.56. The van der Waals surface area contributed by atoms with Crippen molar-refractivity contribution in [1.82, 2.24) is 15.5 Å². The van der Waals surface area contributed by atoms with Crippen molar-refractivity contribution in [3.8, 4) is 11.5 Å². The molecule has 0 aliphatic carbocycles. The molecule has 1 atom stereocenters. The Balaban J connectivity index is 1.27. The van der Waals surface area contributed by atoms with E-state index in [-0.39, 0.29) is 12.6 Å². The number of benzene rings is 2. The Morgan fingerprint density at radius 1 is 0.892 bits per heavy atom. The van der Waals surface area contributed by atoms with Crippen LogP contribution in [0.3, 0.4) is 0 Å². The number of hydrogen-bond donors (Lipinski definition) is 2. The van der Waals surface area contributed by atoms with Crippen LogP contribution in [0, 0.1) is 0 Å². The highest BCUT2D eigenvalue weighted by Crippen LogP contribution is 2.27. The molecule has 0 bridgehead atoms. The van der Waals surface area contributed by atoms with E-state index in [4.69, 9.17) is 13.9 Å². The van der Waals surface area contributed by atoms with Gasteiger partial charge in [-0.15, -0.1) is 0 Å². The normalized spacial score (nSPS) is 14.6. The number of ether oxygens (including phenoxy) is 2. The van der Waals surface area contributed by atoms with Gasteiger partial charge in [0.25, 0.3) is 0 Å². The Morgan fingerprint density at radius 2 is 1.62 bits per heavy atom. The van der Waals surface area contributed by atoms with E-state index in [0.717, 1.165) is 37.5 Å². The maximum absolute atomic E-state index is 12.5. The molecule has 2 N–H and O–H groups in total. The molecule has 196 valence electrons. The minimum atomic E-state index is -0.660. The number of nitrogens with zero attached hydrogens (tertiary/aromatic N) is 2. The summed E-state index contributed by atoms with van der Waals surface area (Å²) >= 11 is 0. The number of hydrogen-bond acceptors (Lipinski definition) is 7. The molecule has 1 aliphatic heterocycles. The molecule has 0 radical (unpaired) electrons. The van der Waals surface area contributed by atoms with Crippen molar-refractivity contribution in [1.29, 1.82) is 0 Å². The Hall–Kier alpha value is -3.98. The second kappa shape index (κ2) is 12.8. The fraction of sp³-hybridized carbons (Fsp3) is 0.357. The Bertz CT molecular complexity index is 1140. The average Bonchev–Trinajstić information content (AvgIpc) is 3.48. The van der Waals surface area contributed by atoms with Crippen molar-refractivity contribution in [2.24, 2.45) is 0 Å². The molecule has 0 spiro atoms. The number of nitrogens with one attached hydrogen (secondary N) is 2. The van der Waals surface area contributed by atoms with E-state index in [1.807, 2.05) is 48.5 Å². The van der Waals surface area contributed by atoms with E-state index < -0.39 is 11.8 Å². The predicted octanol–water partition coefficient (Wildman–Crippen LogP) is 2.64. The minimum Gasteiger partial charge on any atom is -0.493 e. The van der Waals surface area contributed by atoms with E-state index >= 15 is 0 Å². The summed E-state index contributed by atoms with van der Waals surface area (Å²) < 4.78 is 16.2. The van der Waals surface area contributed by atoms with Gasteiger partial charge in [0.2, 0.25) is 0 Å². The summed E-state index contributed by atoms with van der Waals surface area (Å²) in [6.45, 7) is 3.96. The molecule has 0 saturated carbocycles. The van der Waals surface area contributed by atoms with Gasteiger partial charge in [-0.2, -0.15) is 0 Å². The number of amides is 2. The molecular weight excluding hydrogens is 472 g/mol. The van der Waals surface area contributed by atoms with Gasteiger partial charge in [0.05, 0.1) is 26.5 Å². The van der Waals surface area contributed by atoms with E-state index in [2.05, 4.69) is 32.6 Å². The zero-order valence-corrected chi connectivity index (χ0v) is 21.3. The molecule has 1 aliphatic rings. The van der Waals surface area contributed by atoms with Crippen LogP contribution in [-0.4, -0.2) is 70.2 Å². The lowest BCUT2D eigenvalue weighted by Gasteiger charge is -2.39. The molecular formula is C28H34N4O5. The second-order valence-corrected chi connectivity index (χ2v) is 8.80. The topological polar surface area (TPSA) is 96.3 Å². The first-order chi connectivity index (χ1) is 18.1. The summed E-state index contributed by atoms with van der Waals surface area (Å²) in [6, 6.07) is 19.5. The van der Waals surface area contributed by atoms with E-state index in [9.17, 15) is 9.59 Å². The number of anilines is 1. The first-order valence-electron chi connectivity index (χ1n) is 12.4. The van der Waals surface area contributed by atoms with Crippen LogP contribution in [0.15, 0.2) is 71.3 Å². The first-order valence-corrected chi connectivity index (χ1v) is 12.4. The van der Waals surface area contributed by atoms with Gasteiger partial charge in [-0.25, -0.2) is 0 Å². The molecule has 1 saturated heterocycles. The second-order valence-electron chi connectivity index (χ2n) is 8.80. The van der Waals surface area contributed by atoms with Gasteiger partial charge in [0, 0.05) is 45.0 Å². The summed E-state index contributed by atoms with van der Waals surface area (Å²) in [5.74, 6) is 0.710. The van der Waals surface area contributed by atoms with Crippen molar-refractivity contribution >= 4 is 17.5 Å². The Morgan fingerprint density at radius 3 is 2.30 bits per heavy atom. The largest absolute Gasteiger partial charge is 0.493 e. The molecule has 37 heavy (non-hydrogen) atoms. The van der Waals surface area contributed by atoms with Crippen LogP contribution in [0.2, 0.25) is 0 Å². The number of piperazine rings is 1. The smallest absolute Gasteiger partial charge is 0.309 e. The van der Waals surface area contributed by atoms with Crippen LogP contribution >= 0.6 is 0 Å². The molecule has 4 rings (SSSR count). The lowest BCUT2D eigenvalue weighted by Crippen LogP contribution is -2.50. The lowest BCUT2D eigenvalue weighted by atomic mass is 10.1. The maximum Gasteiger partial charge on any atom is 0.309 e. The van der Waals surface area contributed by atoms with Crippen LogP contribution < -0.4 is 25.0 Å². The van der Waals surface area contributed by atoms with Crippen molar-refractivity contribution < 1.29 is 23.5 Å². The summed E-state index contributed by atoms with van der Waals surface area (Å²) in [5, 5.41) is 5.48.